The summed E-state index contributed by atoms with van der Waals surface area (Å²) in [5.41, 5.74) is 6.21. The number of aromatic amines is 2. The second kappa shape index (κ2) is 7.70. The van der Waals surface area contributed by atoms with Gasteiger partial charge in [0.2, 0.25) is 0 Å². The number of ether oxygens (including phenoxy) is 1. The van der Waals surface area contributed by atoms with E-state index in [9.17, 15) is 14.0 Å². The Morgan fingerprint density at radius 3 is 2.70 bits per heavy atom. The normalized spacial score (nSPS) is 13.4. The molecule has 2 aromatic heterocycles. The number of hydrogen-bond acceptors (Lipinski definition) is 5. The number of halogens is 1. The predicted octanol–water partition coefficient (Wildman–Crippen LogP) is 4.04. The number of nitrogens with one attached hydrogen (secondary N) is 2. The molecule has 1 unspecified atom stereocenters. The van der Waals surface area contributed by atoms with Gasteiger partial charge in [0.25, 0.3) is 5.56 Å². The summed E-state index contributed by atoms with van der Waals surface area (Å²) < 4.78 is 19.6. The van der Waals surface area contributed by atoms with E-state index in [1.165, 1.54) is 18.5 Å². The third kappa shape index (κ3) is 3.57. The first kappa shape index (κ1) is 20.6. The molecule has 2 heterocycles. The van der Waals surface area contributed by atoms with Gasteiger partial charge in [-0.15, -0.1) is 0 Å². The Kier molecular flexibility index (Phi) is 4.81. The summed E-state index contributed by atoms with van der Waals surface area (Å²) in [7, 11) is 0. The molecule has 0 saturated carbocycles. The third-order valence-corrected chi connectivity index (χ3v) is 5.86. The van der Waals surface area contributed by atoms with Crippen molar-refractivity contribution in [1.29, 1.82) is 0 Å². The molecule has 1 amide bonds. The zero-order chi connectivity index (χ0) is 23.2. The lowest BCUT2D eigenvalue weighted by Crippen LogP contribution is -2.33. The van der Waals surface area contributed by atoms with Gasteiger partial charge in [-0.3, -0.25) is 4.79 Å². The Hall–Kier alpha value is -4.27. The van der Waals surface area contributed by atoms with Crippen LogP contribution in [0.4, 0.5) is 9.18 Å². The number of fused-ring (bicyclic) bond motifs is 6. The van der Waals surface area contributed by atoms with Crippen molar-refractivity contribution >= 4 is 38.8 Å². The van der Waals surface area contributed by atoms with Crippen LogP contribution in [0.1, 0.15) is 24.7 Å². The number of imidazole rings is 1. The summed E-state index contributed by atoms with van der Waals surface area (Å²) in [6.07, 6.45) is 1.35. The number of rotatable bonds is 5. The molecular weight excluding hydrogens is 425 g/mol. The van der Waals surface area contributed by atoms with Gasteiger partial charge in [0.1, 0.15) is 11.3 Å². The highest BCUT2D eigenvalue weighted by Gasteiger charge is 2.34. The smallest absolute Gasteiger partial charge is 0.405 e. The quantitative estimate of drug-likeness (QED) is 0.352. The van der Waals surface area contributed by atoms with E-state index in [-0.39, 0.29) is 5.39 Å². The molecule has 4 N–H and O–H groups in total. The molecule has 8 nitrogen and oxygen atoms in total. The van der Waals surface area contributed by atoms with E-state index in [0.29, 0.717) is 46.0 Å². The van der Waals surface area contributed by atoms with Crippen LogP contribution in [0, 0.1) is 5.82 Å². The van der Waals surface area contributed by atoms with Gasteiger partial charge in [0.15, 0.2) is 11.4 Å². The maximum atomic E-state index is 14.1. The van der Waals surface area contributed by atoms with Gasteiger partial charge >= 0.3 is 6.09 Å². The van der Waals surface area contributed by atoms with Crippen molar-refractivity contribution in [2.75, 3.05) is 0 Å². The molecule has 0 aliphatic heterocycles. The number of aromatic nitrogens is 4. The predicted molar refractivity (Wildman–Crippen MR) is 122 cm³/mol. The molecule has 0 radical (unpaired) electrons. The van der Waals surface area contributed by atoms with Crippen LogP contribution in [0.25, 0.3) is 32.7 Å². The highest BCUT2D eigenvalue weighted by atomic mass is 19.1. The molecule has 33 heavy (non-hydrogen) atoms. The average Bonchev–Trinajstić information content (AvgIpc) is 3.25. The summed E-state index contributed by atoms with van der Waals surface area (Å²) in [4.78, 5) is 39.2. The molecule has 0 saturated heterocycles. The number of aryl methyl sites for hydroxylation is 1. The monoisotopic (exact) mass is 445 g/mol. The number of amides is 1. The lowest BCUT2D eigenvalue weighted by Gasteiger charge is -2.26. The Bertz CT molecular complexity index is 1580. The second-order valence-electron chi connectivity index (χ2n) is 8.09. The Labute approximate surface area is 186 Å². The zero-order valence-electron chi connectivity index (χ0n) is 17.7. The molecule has 9 heteroatoms. The molecule has 0 fully saturated rings. The van der Waals surface area contributed by atoms with E-state index < -0.39 is 23.1 Å². The number of H-pyrrole nitrogens is 2. The van der Waals surface area contributed by atoms with Crippen molar-refractivity contribution < 1.29 is 13.9 Å². The van der Waals surface area contributed by atoms with Gasteiger partial charge in [-0.2, -0.15) is 0 Å². The number of carbonyl (C=O) groups excluding carboxylic acids is 1. The SMILES string of the molecule is CC(CCc1ccccc1)(OC(N)=O)c1nc2c3ccc(F)cc3c3c(=O)[nH]cnc3c2[nH]1. The fourth-order valence-corrected chi connectivity index (χ4v) is 4.23. The molecule has 5 rings (SSSR count). The van der Waals surface area contributed by atoms with Gasteiger partial charge in [-0.25, -0.2) is 19.2 Å². The zero-order valence-corrected chi connectivity index (χ0v) is 17.7. The average molecular weight is 445 g/mol. The molecule has 0 bridgehead atoms. The van der Waals surface area contributed by atoms with Gasteiger partial charge in [-0.05, 0) is 43.5 Å². The topological polar surface area (TPSA) is 127 Å². The lowest BCUT2D eigenvalue weighted by molar-refractivity contribution is 0.0152. The number of nitrogens with zero attached hydrogens (tertiary/aromatic N) is 2. The highest BCUT2D eigenvalue weighted by molar-refractivity contribution is 6.21. The largest absolute Gasteiger partial charge is 0.435 e. The molecule has 0 spiro atoms. The van der Waals surface area contributed by atoms with E-state index in [0.717, 1.165) is 5.56 Å². The van der Waals surface area contributed by atoms with E-state index in [1.807, 2.05) is 30.3 Å². The molecule has 166 valence electrons. The van der Waals surface area contributed by atoms with Gasteiger partial charge in [0.05, 0.1) is 22.7 Å². The van der Waals surface area contributed by atoms with E-state index in [4.69, 9.17) is 15.5 Å². The molecule has 3 aromatic carbocycles. The van der Waals surface area contributed by atoms with Crippen LogP contribution in [-0.4, -0.2) is 26.0 Å². The Balaban J connectivity index is 1.74. The fraction of sp³-hybridized carbons (Fsp3) is 0.167. The van der Waals surface area contributed by atoms with E-state index in [1.54, 1.807) is 13.0 Å². The van der Waals surface area contributed by atoms with Crippen molar-refractivity contribution in [3.8, 4) is 0 Å². The summed E-state index contributed by atoms with van der Waals surface area (Å²) >= 11 is 0. The summed E-state index contributed by atoms with van der Waals surface area (Å²) in [6.45, 7) is 1.72. The van der Waals surface area contributed by atoms with E-state index >= 15 is 0 Å². The van der Waals surface area contributed by atoms with Crippen LogP contribution in [0.5, 0.6) is 0 Å². The molecule has 1 atom stereocenters. The minimum atomic E-state index is -1.18. The van der Waals surface area contributed by atoms with Crippen LogP contribution in [0.2, 0.25) is 0 Å². The van der Waals surface area contributed by atoms with Gasteiger partial charge in [-0.1, -0.05) is 30.3 Å². The summed E-state index contributed by atoms with van der Waals surface area (Å²) in [5.74, 6) is -0.126. The maximum absolute atomic E-state index is 14.1. The second-order valence-corrected chi connectivity index (χ2v) is 8.09. The lowest BCUT2D eigenvalue weighted by atomic mass is 9.95. The minimum absolute atomic E-state index is 0.247. The van der Waals surface area contributed by atoms with Gasteiger partial charge < -0.3 is 20.4 Å². The first-order chi connectivity index (χ1) is 15.9. The molecule has 0 aliphatic rings. The van der Waals surface area contributed by atoms with Crippen molar-refractivity contribution in [1.82, 2.24) is 19.9 Å². The maximum Gasteiger partial charge on any atom is 0.405 e. The number of primary amides is 1. The van der Waals surface area contributed by atoms with Crippen molar-refractivity contribution in [3.63, 3.8) is 0 Å². The van der Waals surface area contributed by atoms with Crippen LogP contribution >= 0.6 is 0 Å². The van der Waals surface area contributed by atoms with Crippen molar-refractivity contribution in [2.45, 2.75) is 25.4 Å². The molecule has 5 aromatic rings. The Morgan fingerprint density at radius 2 is 1.94 bits per heavy atom. The standard InChI is InChI=1S/C24H20FN5O3/c1-24(33-23(26)32,10-9-13-5-3-2-4-6-13)22-29-18-15-8-7-14(25)11-16(15)17-19(20(18)30-22)27-12-28-21(17)31/h2-8,11-12H,9-10H2,1H3,(H2,26,32)(H,29,30)(H,27,28,31). The van der Waals surface area contributed by atoms with Crippen molar-refractivity contribution in [3.05, 3.63) is 82.4 Å². The number of hydrogen-bond donors (Lipinski definition) is 3. The number of carbonyl (C=O) groups is 1. The van der Waals surface area contributed by atoms with Crippen LogP contribution in [0.15, 0.2) is 59.7 Å². The van der Waals surface area contributed by atoms with Gasteiger partial charge in [0, 0.05) is 10.8 Å². The number of benzene rings is 3. The van der Waals surface area contributed by atoms with Crippen molar-refractivity contribution in [2.24, 2.45) is 5.73 Å². The molecule has 0 aliphatic carbocycles. The van der Waals surface area contributed by atoms with Crippen LogP contribution in [0.3, 0.4) is 0 Å². The summed E-state index contributed by atoms with van der Waals surface area (Å²) in [5, 5.41) is 1.22. The van der Waals surface area contributed by atoms with Crippen LogP contribution in [-0.2, 0) is 16.8 Å². The summed E-state index contributed by atoms with van der Waals surface area (Å²) in [6, 6.07) is 13.9. The Morgan fingerprint density at radius 1 is 1.15 bits per heavy atom. The molecular formula is C24H20FN5O3. The third-order valence-electron chi connectivity index (χ3n) is 5.86. The van der Waals surface area contributed by atoms with E-state index in [2.05, 4.69) is 15.0 Å². The highest BCUT2D eigenvalue weighted by Crippen LogP contribution is 2.36. The minimum Gasteiger partial charge on any atom is -0.435 e. The fourth-order valence-electron chi connectivity index (χ4n) is 4.23. The number of nitrogens with two attached hydrogens (primary N) is 1. The van der Waals surface area contributed by atoms with Crippen LogP contribution < -0.4 is 11.3 Å². The first-order valence-corrected chi connectivity index (χ1v) is 10.4. The first-order valence-electron chi connectivity index (χ1n) is 10.4.